The molecule has 3 heteroatoms. The molecule has 0 saturated heterocycles. The summed E-state index contributed by atoms with van der Waals surface area (Å²) >= 11 is 0. The average Bonchev–Trinajstić information content (AvgIpc) is 2.32. The number of amides is 1. The van der Waals surface area contributed by atoms with Crippen LogP contribution >= 0.6 is 0 Å². The van der Waals surface area contributed by atoms with Gasteiger partial charge < -0.3 is 10.2 Å². The second-order valence-corrected chi connectivity index (χ2v) is 5.85. The van der Waals surface area contributed by atoms with Crippen LogP contribution in [0.25, 0.3) is 0 Å². The fourth-order valence-electron chi connectivity index (χ4n) is 3.09. The van der Waals surface area contributed by atoms with E-state index >= 15 is 0 Å². The lowest BCUT2D eigenvalue weighted by Crippen LogP contribution is -2.41. The van der Waals surface area contributed by atoms with Crippen LogP contribution in [0, 0.1) is 11.8 Å². The molecule has 2 aliphatic carbocycles. The molecule has 0 unspecified atom stereocenters. The Hall–Kier alpha value is -0.570. The highest BCUT2D eigenvalue weighted by molar-refractivity contribution is 5.78. The molecule has 2 aliphatic rings. The van der Waals surface area contributed by atoms with E-state index in [4.69, 9.17) is 0 Å². The normalized spacial score (nSPS) is 29.8. The number of hydrogen-bond donors (Lipinski definition) is 1. The highest BCUT2D eigenvalue weighted by Gasteiger charge is 2.29. The van der Waals surface area contributed by atoms with Crippen molar-refractivity contribution >= 4 is 5.91 Å². The third-order valence-corrected chi connectivity index (χ3v) is 4.62. The molecule has 0 aromatic heterocycles. The van der Waals surface area contributed by atoms with Crippen molar-refractivity contribution in [1.29, 1.82) is 0 Å². The van der Waals surface area contributed by atoms with E-state index in [9.17, 15) is 4.79 Å². The Morgan fingerprint density at radius 1 is 1.18 bits per heavy atom. The van der Waals surface area contributed by atoms with Gasteiger partial charge in [-0.3, -0.25) is 4.79 Å². The van der Waals surface area contributed by atoms with Gasteiger partial charge in [0.05, 0.1) is 0 Å². The first-order valence-electron chi connectivity index (χ1n) is 7.13. The van der Waals surface area contributed by atoms with Crippen LogP contribution in [0.3, 0.4) is 0 Å². The molecule has 2 saturated carbocycles. The van der Waals surface area contributed by atoms with Gasteiger partial charge in [-0.1, -0.05) is 6.42 Å². The van der Waals surface area contributed by atoms with Crippen LogP contribution < -0.4 is 5.32 Å². The van der Waals surface area contributed by atoms with E-state index in [1.807, 2.05) is 19.0 Å². The molecule has 0 atom stereocenters. The smallest absolute Gasteiger partial charge is 0.225 e. The second-order valence-electron chi connectivity index (χ2n) is 5.85. The number of nitrogens with zero attached hydrogens (tertiary/aromatic N) is 1. The Balaban J connectivity index is 1.75. The van der Waals surface area contributed by atoms with Crippen molar-refractivity contribution in [2.24, 2.45) is 11.8 Å². The van der Waals surface area contributed by atoms with Gasteiger partial charge in [-0.25, -0.2) is 0 Å². The van der Waals surface area contributed by atoms with Gasteiger partial charge in [0, 0.05) is 25.6 Å². The topological polar surface area (TPSA) is 32.3 Å². The lowest BCUT2D eigenvalue weighted by Gasteiger charge is -2.34. The number of hydrogen-bond acceptors (Lipinski definition) is 2. The highest BCUT2D eigenvalue weighted by atomic mass is 16.2. The van der Waals surface area contributed by atoms with Crippen molar-refractivity contribution < 1.29 is 4.79 Å². The maximum absolute atomic E-state index is 12.3. The Morgan fingerprint density at radius 3 is 2.29 bits per heavy atom. The van der Waals surface area contributed by atoms with Gasteiger partial charge in [-0.15, -0.1) is 0 Å². The van der Waals surface area contributed by atoms with Crippen molar-refractivity contribution in [1.82, 2.24) is 10.2 Å². The molecule has 0 aliphatic heterocycles. The number of rotatable bonds is 4. The average molecular weight is 238 g/mol. The summed E-state index contributed by atoms with van der Waals surface area (Å²) in [4.78, 5) is 14.3. The SMILES string of the molecule is CNC1CCC(C(=O)N(C)CC2CCC2)CC1. The van der Waals surface area contributed by atoms with E-state index in [0.717, 1.165) is 38.1 Å². The summed E-state index contributed by atoms with van der Waals surface area (Å²) in [6, 6.07) is 0.635. The zero-order valence-corrected chi connectivity index (χ0v) is 11.2. The molecule has 0 aromatic carbocycles. The van der Waals surface area contributed by atoms with Crippen LogP contribution in [0.1, 0.15) is 44.9 Å². The van der Waals surface area contributed by atoms with Crippen molar-refractivity contribution in [3.63, 3.8) is 0 Å². The van der Waals surface area contributed by atoms with Crippen molar-refractivity contribution in [3.05, 3.63) is 0 Å². The maximum atomic E-state index is 12.3. The van der Waals surface area contributed by atoms with E-state index in [2.05, 4.69) is 5.32 Å². The summed E-state index contributed by atoms with van der Waals surface area (Å²) in [6.07, 6.45) is 8.46. The predicted octanol–water partition coefficient (Wildman–Crippen LogP) is 2.02. The second kappa shape index (κ2) is 5.85. The maximum Gasteiger partial charge on any atom is 0.225 e. The number of nitrogens with one attached hydrogen (secondary N) is 1. The standard InChI is InChI=1S/C14H26N2O/c1-15-13-8-6-12(7-9-13)14(17)16(2)10-11-4-3-5-11/h11-13,15H,3-10H2,1-2H3. The number of carbonyl (C=O) groups excluding carboxylic acids is 1. The fourth-order valence-corrected chi connectivity index (χ4v) is 3.09. The molecule has 98 valence electrons. The Labute approximate surface area is 105 Å². The number of carbonyl (C=O) groups is 1. The van der Waals surface area contributed by atoms with E-state index in [-0.39, 0.29) is 0 Å². The van der Waals surface area contributed by atoms with E-state index < -0.39 is 0 Å². The molecule has 2 fully saturated rings. The molecule has 1 amide bonds. The molecule has 0 spiro atoms. The molecule has 0 bridgehead atoms. The van der Waals surface area contributed by atoms with Crippen molar-refractivity contribution in [2.45, 2.75) is 51.0 Å². The highest BCUT2D eigenvalue weighted by Crippen LogP contribution is 2.29. The summed E-state index contributed by atoms with van der Waals surface area (Å²) < 4.78 is 0. The van der Waals surface area contributed by atoms with Crippen LogP contribution in [0.2, 0.25) is 0 Å². The first-order chi connectivity index (χ1) is 8.20. The first-order valence-corrected chi connectivity index (χ1v) is 7.13. The Kier molecular flexibility index (Phi) is 4.43. The molecule has 0 radical (unpaired) electrons. The molecular weight excluding hydrogens is 212 g/mol. The van der Waals surface area contributed by atoms with Crippen LogP contribution in [0.15, 0.2) is 0 Å². The minimum atomic E-state index is 0.296. The summed E-state index contributed by atoms with van der Waals surface area (Å²) in [7, 11) is 4.01. The molecule has 17 heavy (non-hydrogen) atoms. The predicted molar refractivity (Wildman–Crippen MR) is 69.8 cm³/mol. The largest absolute Gasteiger partial charge is 0.345 e. The molecular formula is C14H26N2O. The summed E-state index contributed by atoms with van der Waals surface area (Å²) in [5.74, 6) is 1.48. The van der Waals surface area contributed by atoms with Crippen LogP contribution in [-0.4, -0.2) is 37.5 Å². The summed E-state index contributed by atoms with van der Waals surface area (Å²) in [6.45, 7) is 0.991. The summed E-state index contributed by atoms with van der Waals surface area (Å²) in [5.41, 5.74) is 0. The lowest BCUT2D eigenvalue weighted by atomic mass is 9.83. The van der Waals surface area contributed by atoms with Crippen molar-refractivity contribution in [3.8, 4) is 0 Å². The van der Waals surface area contributed by atoms with Gasteiger partial charge in [0.25, 0.3) is 0 Å². The van der Waals surface area contributed by atoms with Gasteiger partial charge in [0.15, 0.2) is 0 Å². The van der Waals surface area contributed by atoms with Gasteiger partial charge in [0.2, 0.25) is 5.91 Å². The van der Waals surface area contributed by atoms with Crippen molar-refractivity contribution in [2.75, 3.05) is 20.6 Å². The lowest BCUT2D eigenvalue weighted by molar-refractivity contribution is -0.136. The van der Waals surface area contributed by atoms with E-state index in [1.54, 1.807) is 0 Å². The zero-order valence-electron chi connectivity index (χ0n) is 11.2. The Bertz CT molecular complexity index is 255. The third-order valence-electron chi connectivity index (χ3n) is 4.62. The van der Waals surface area contributed by atoms with Gasteiger partial charge >= 0.3 is 0 Å². The van der Waals surface area contributed by atoms with Gasteiger partial charge in [0.1, 0.15) is 0 Å². The quantitative estimate of drug-likeness (QED) is 0.812. The third kappa shape index (κ3) is 3.21. The molecule has 0 aromatic rings. The van der Waals surface area contributed by atoms with E-state index in [0.29, 0.717) is 17.9 Å². The molecule has 0 heterocycles. The van der Waals surface area contributed by atoms with Gasteiger partial charge in [-0.2, -0.15) is 0 Å². The molecule has 1 N–H and O–H groups in total. The minimum absolute atomic E-state index is 0.296. The molecule has 2 rings (SSSR count). The Morgan fingerprint density at radius 2 is 1.82 bits per heavy atom. The van der Waals surface area contributed by atoms with Crippen LogP contribution in [0.4, 0.5) is 0 Å². The van der Waals surface area contributed by atoms with Crippen LogP contribution in [-0.2, 0) is 4.79 Å². The van der Waals surface area contributed by atoms with Crippen LogP contribution in [0.5, 0.6) is 0 Å². The molecule has 3 nitrogen and oxygen atoms in total. The van der Waals surface area contributed by atoms with E-state index in [1.165, 1.54) is 19.3 Å². The van der Waals surface area contributed by atoms with Gasteiger partial charge in [-0.05, 0) is 51.5 Å². The summed E-state index contributed by atoms with van der Waals surface area (Å²) in [5, 5.41) is 3.32. The minimum Gasteiger partial charge on any atom is -0.345 e. The monoisotopic (exact) mass is 238 g/mol. The first kappa shape index (κ1) is 12.9. The zero-order chi connectivity index (χ0) is 12.3. The fraction of sp³-hybridized carbons (Fsp3) is 0.929.